The SMILES string of the molecule is COc1ccc(Cn2cnc3c(Cl)nc(I)nc32)cc1. The Balaban J connectivity index is 1.97. The zero-order valence-electron chi connectivity index (χ0n) is 10.5. The normalized spacial score (nSPS) is 10.9. The number of methoxy groups -OCH3 is 1. The van der Waals surface area contributed by atoms with E-state index in [9.17, 15) is 0 Å². The van der Waals surface area contributed by atoms with Crippen LogP contribution in [0.25, 0.3) is 11.2 Å². The number of fused-ring (bicyclic) bond motifs is 1. The number of nitrogens with zero attached hydrogens (tertiary/aromatic N) is 4. The minimum Gasteiger partial charge on any atom is -0.497 e. The maximum atomic E-state index is 6.07. The first kappa shape index (κ1) is 13.6. The highest BCUT2D eigenvalue weighted by atomic mass is 127. The lowest BCUT2D eigenvalue weighted by Gasteiger charge is -2.05. The molecule has 0 spiro atoms. The van der Waals surface area contributed by atoms with Gasteiger partial charge in [0, 0.05) is 22.6 Å². The van der Waals surface area contributed by atoms with Crippen LogP contribution in [0.1, 0.15) is 5.56 Å². The van der Waals surface area contributed by atoms with E-state index in [1.54, 1.807) is 13.4 Å². The van der Waals surface area contributed by atoms with E-state index in [4.69, 9.17) is 16.3 Å². The topological polar surface area (TPSA) is 52.8 Å². The van der Waals surface area contributed by atoms with E-state index in [0.29, 0.717) is 21.0 Å². The predicted molar refractivity (Wildman–Crippen MR) is 85.1 cm³/mol. The Bertz CT molecular complexity index is 757. The van der Waals surface area contributed by atoms with E-state index in [-0.39, 0.29) is 0 Å². The molecule has 2 aromatic heterocycles. The van der Waals surface area contributed by atoms with Crippen LogP contribution in [-0.2, 0) is 6.54 Å². The van der Waals surface area contributed by atoms with Crippen LogP contribution >= 0.6 is 34.2 Å². The van der Waals surface area contributed by atoms with E-state index in [0.717, 1.165) is 17.0 Å². The maximum Gasteiger partial charge on any atom is 0.194 e. The van der Waals surface area contributed by atoms with Crippen molar-refractivity contribution in [3.8, 4) is 5.75 Å². The van der Waals surface area contributed by atoms with Crippen LogP contribution in [0, 0.1) is 3.83 Å². The lowest BCUT2D eigenvalue weighted by molar-refractivity contribution is 0.414. The fraction of sp³-hybridized carbons (Fsp3) is 0.154. The van der Waals surface area contributed by atoms with Crippen molar-refractivity contribution in [3.05, 3.63) is 45.1 Å². The number of hydrogen-bond acceptors (Lipinski definition) is 4. The van der Waals surface area contributed by atoms with Gasteiger partial charge in [-0.2, -0.15) is 0 Å². The molecule has 0 fully saturated rings. The summed E-state index contributed by atoms with van der Waals surface area (Å²) in [4.78, 5) is 12.8. The van der Waals surface area contributed by atoms with Crippen LogP contribution in [0.5, 0.6) is 5.75 Å². The summed E-state index contributed by atoms with van der Waals surface area (Å²) < 4.78 is 7.71. The van der Waals surface area contributed by atoms with Crippen molar-refractivity contribution in [3.63, 3.8) is 0 Å². The Morgan fingerprint density at radius 1 is 1.25 bits per heavy atom. The molecule has 0 aliphatic rings. The van der Waals surface area contributed by atoms with Crippen LogP contribution in [0.15, 0.2) is 30.6 Å². The molecule has 0 bridgehead atoms. The molecule has 2 heterocycles. The number of benzene rings is 1. The Morgan fingerprint density at radius 2 is 2.00 bits per heavy atom. The lowest BCUT2D eigenvalue weighted by atomic mass is 10.2. The summed E-state index contributed by atoms with van der Waals surface area (Å²) in [6.45, 7) is 0.671. The van der Waals surface area contributed by atoms with E-state index in [2.05, 4.69) is 15.0 Å². The highest BCUT2D eigenvalue weighted by Crippen LogP contribution is 2.20. The molecule has 0 aliphatic heterocycles. The second kappa shape index (κ2) is 5.53. The molecule has 0 unspecified atom stereocenters. The van der Waals surface area contributed by atoms with Gasteiger partial charge in [-0.1, -0.05) is 23.7 Å². The molecule has 0 saturated heterocycles. The average molecular weight is 401 g/mol. The highest BCUT2D eigenvalue weighted by molar-refractivity contribution is 14.1. The largest absolute Gasteiger partial charge is 0.497 e. The first-order chi connectivity index (χ1) is 9.67. The van der Waals surface area contributed by atoms with E-state index < -0.39 is 0 Å². The molecule has 5 nitrogen and oxygen atoms in total. The molecule has 0 atom stereocenters. The fourth-order valence-electron chi connectivity index (χ4n) is 1.93. The van der Waals surface area contributed by atoms with Gasteiger partial charge in [-0.15, -0.1) is 0 Å². The van der Waals surface area contributed by atoms with Crippen molar-refractivity contribution < 1.29 is 4.74 Å². The van der Waals surface area contributed by atoms with Gasteiger partial charge in [-0.25, -0.2) is 15.0 Å². The minimum absolute atomic E-state index is 0.382. The monoisotopic (exact) mass is 400 g/mol. The summed E-state index contributed by atoms with van der Waals surface area (Å²) in [6, 6.07) is 7.89. The minimum atomic E-state index is 0.382. The highest BCUT2D eigenvalue weighted by Gasteiger charge is 2.11. The zero-order valence-corrected chi connectivity index (χ0v) is 13.5. The third kappa shape index (κ3) is 2.57. The number of aromatic nitrogens is 4. The van der Waals surface area contributed by atoms with Gasteiger partial charge in [-0.05, 0) is 17.7 Å². The lowest BCUT2D eigenvalue weighted by Crippen LogP contribution is -2.01. The molecule has 102 valence electrons. The summed E-state index contributed by atoms with van der Waals surface area (Å²) in [5, 5.41) is 0.382. The summed E-state index contributed by atoms with van der Waals surface area (Å²) in [5.41, 5.74) is 2.50. The van der Waals surface area contributed by atoms with Gasteiger partial charge >= 0.3 is 0 Å². The molecule has 7 heteroatoms. The molecule has 0 N–H and O–H groups in total. The quantitative estimate of drug-likeness (QED) is 0.385. The first-order valence-electron chi connectivity index (χ1n) is 5.84. The molecule has 3 rings (SSSR count). The van der Waals surface area contributed by atoms with Crippen LogP contribution in [-0.4, -0.2) is 26.6 Å². The van der Waals surface area contributed by atoms with E-state index in [1.807, 2.05) is 51.4 Å². The molecule has 0 saturated carbocycles. The van der Waals surface area contributed by atoms with Gasteiger partial charge in [0.2, 0.25) is 0 Å². The molecule has 20 heavy (non-hydrogen) atoms. The van der Waals surface area contributed by atoms with Crippen molar-refractivity contribution in [1.82, 2.24) is 19.5 Å². The molecule has 3 aromatic rings. The molecule has 1 aromatic carbocycles. The average Bonchev–Trinajstić information content (AvgIpc) is 2.83. The third-order valence-corrected chi connectivity index (χ3v) is 3.65. The Labute approximate surface area is 134 Å². The van der Waals surface area contributed by atoms with E-state index in [1.165, 1.54) is 0 Å². The number of rotatable bonds is 3. The van der Waals surface area contributed by atoms with Crippen molar-refractivity contribution >= 4 is 45.4 Å². The number of imidazole rings is 1. The van der Waals surface area contributed by atoms with E-state index >= 15 is 0 Å². The molecule has 0 amide bonds. The Morgan fingerprint density at radius 3 is 2.70 bits per heavy atom. The summed E-state index contributed by atoms with van der Waals surface area (Å²) in [7, 11) is 1.65. The van der Waals surface area contributed by atoms with Gasteiger partial charge in [-0.3, -0.25) is 0 Å². The molecular weight excluding hydrogens is 391 g/mol. The third-order valence-electron chi connectivity index (χ3n) is 2.91. The summed E-state index contributed by atoms with van der Waals surface area (Å²) in [5.74, 6) is 0.837. The van der Waals surface area contributed by atoms with Crippen molar-refractivity contribution in [2.24, 2.45) is 0 Å². The Kier molecular flexibility index (Phi) is 3.75. The van der Waals surface area contributed by atoms with Crippen LogP contribution in [0.4, 0.5) is 0 Å². The van der Waals surface area contributed by atoms with Crippen molar-refractivity contribution in [2.45, 2.75) is 6.54 Å². The van der Waals surface area contributed by atoms with Crippen LogP contribution < -0.4 is 4.74 Å². The number of ether oxygens (including phenoxy) is 1. The van der Waals surface area contributed by atoms with Crippen molar-refractivity contribution in [2.75, 3.05) is 7.11 Å². The van der Waals surface area contributed by atoms with Gasteiger partial charge in [0.05, 0.1) is 20.0 Å². The predicted octanol–water partition coefficient (Wildman–Crippen LogP) is 3.14. The second-order valence-corrected chi connectivity index (χ2v) is 5.50. The smallest absolute Gasteiger partial charge is 0.194 e. The van der Waals surface area contributed by atoms with Gasteiger partial charge in [0.1, 0.15) is 11.3 Å². The van der Waals surface area contributed by atoms with Gasteiger partial charge in [0.15, 0.2) is 14.6 Å². The van der Waals surface area contributed by atoms with Crippen LogP contribution in [0.2, 0.25) is 5.15 Å². The second-order valence-electron chi connectivity index (χ2n) is 4.18. The standard InChI is InChI=1S/C13H10ClIN4O/c1-20-9-4-2-8(3-5-9)6-19-7-16-10-11(14)17-13(15)18-12(10)19/h2-5,7H,6H2,1H3. The summed E-state index contributed by atoms with van der Waals surface area (Å²) in [6.07, 6.45) is 1.73. The molecule has 0 radical (unpaired) electrons. The van der Waals surface area contributed by atoms with Crippen LogP contribution in [0.3, 0.4) is 0 Å². The van der Waals surface area contributed by atoms with Crippen molar-refractivity contribution in [1.29, 1.82) is 0 Å². The number of hydrogen-bond donors (Lipinski definition) is 0. The first-order valence-corrected chi connectivity index (χ1v) is 7.30. The molecule has 0 aliphatic carbocycles. The summed E-state index contributed by atoms with van der Waals surface area (Å²) >= 11 is 8.11. The number of halogens is 2. The Hall–Kier alpha value is -1.41. The maximum absolute atomic E-state index is 6.07. The van der Waals surface area contributed by atoms with Gasteiger partial charge in [0.25, 0.3) is 0 Å². The van der Waals surface area contributed by atoms with Gasteiger partial charge < -0.3 is 9.30 Å². The fourth-order valence-corrected chi connectivity index (χ4v) is 2.75. The zero-order chi connectivity index (χ0) is 14.1. The molecular formula is C13H10ClIN4O.